The van der Waals surface area contributed by atoms with Crippen molar-refractivity contribution in [1.29, 1.82) is 0 Å². The van der Waals surface area contributed by atoms with Crippen molar-refractivity contribution in [3.63, 3.8) is 0 Å². The maximum atomic E-state index is 13.5. The molecule has 11 heteroatoms. The summed E-state index contributed by atoms with van der Waals surface area (Å²) in [4.78, 5) is 48.3. The van der Waals surface area contributed by atoms with Gasteiger partial charge < -0.3 is 14.5 Å². The minimum absolute atomic E-state index is 0.244. The number of carbonyl (C=O) groups excluding carboxylic acids is 2. The number of anilines is 1. The minimum Gasteiger partial charge on any atom is -0.450 e. The lowest BCUT2D eigenvalue weighted by Gasteiger charge is -2.35. The Morgan fingerprint density at radius 2 is 2.00 bits per heavy atom. The van der Waals surface area contributed by atoms with Gasteiger partial charge in [0.15, 0.2) is 0 Å². The van der Waals surface area contributed by atoms with Gasteiger partial charge in [0.25, 0.3) is 11.5 Å². The Morgan fingerprint density at radius 3 is 2.62 bits per heavy atom. The van der Waals surface area contributed by atoms with Crippen LogP contribution in [0.4, 0.5) is 10.6 Å². The molecule has 0 spiro atoms. The van der Waals surface area contributed by atoms with E-state index in [9.17, 15) is 14.4 Å². The third-order valence-electron chi connectivity index (χ3n) is 5.43. The first-order chi connectivity index (χ1) is 15.3. The SMILES string of the molecule is CCOC(=O)N1CCN(c2nc3c(C)cccn3c(=O)c2/C=C2\SC(=S)N(C)C2=O)CC1. The number of thiocarbonyl (C=S) groups is 1. The van der Waals surface area contributed by atoms with E-state index in [2.05, 4.69) is 0 Å². The van der Waals surface area contributed by atoms with E-state index < -0.39 is 0 Å². The third-order valence-corrected chi connectivity index (χ3v) is 6.92. The van der Waals surface area contributed by atoms with Crippen LogP contribution in [0.15, 0.2) is 28.0 Å². The molecule has 2 saturated heterocycles. The summed E-state index contributed by atoms with van der Waals surface area (Å²) in [6, 6.07) is 3.69. The van der Waals surface area contributed by atoms with Gasteiger partial charge >= 0.3 is 6.09 Å². The lowest BCUT2D eigenvalue weighted by Crippen LogP contribution is -2.49. The molecule has 32 heavy (non-hydrogen) atoms. The number of thioether (sulfide) groups is 1. The van der Waals surface area contributed by atoms with Crippen molar-refractivity contribution >= 4 is 57.8 Å². The molecule has 0 radical (unpaired) electrons. The fourth-order valence-electron chi connectivity index (χ4n) is 3.66. The van der Waals surface area contributed by atoms with Crippen molar-refractivity contribution in [2.45, 2.75) is 13.8 Å². The predicted octanol–water partition coefficient (Wildman–Crippen LogP) is 2.11. The van der Waals surface area contributed by atoms with Gasteiger partial charge in [-0.15, -0.1) is 0 Å². The second kappa shape index (κ2) is 8.91. The minimum atomic E-state index is -0.346. The topological polar surface area (TPSA) is 87.5 Å². The Bertz CT molecular complexity index is 1200. The molecule has 4 heterocycles. The molecule has 2 fully saturated rings. The van der Waals surface area contributed by atoms with Crippen LogP contribution in [0.25, 0.3) is 11.7 Å². The predicted molar refractivity (Wildman–Crippen MR) is 128 cm³/mol. The number of hydrogen-bond acceptors (Lipinski definition) is 8. The number of pyridine rings is 1. The number of fused-ring (bicyclic) bond motifs is 1. The highest BCUT2D eigenvalue weighted by molar-refractivity contribution is 8.26. The van der Waals surface area contributed by atoms with Crippen LogP contribution < -0.4 is 10.5 Å². The number of aryl methyl sites for hydroxylation is 1. The fourth-order valence-corrected chi connectivity index (χ4v) is 4.82. The molecular formula is C21H23N5O4S2. The fraction of sp³-hybridized carbons (Fsp3) is 0.381. The van der Waals surface area contributed by atoms with Gasteiger partial charge in [-0.3, -0.25) is 18.9 Å². The van der Waals surface area contributed by atoms with E-state index >= 15 is 0 Å². The van der Waals surface area contributed by atoms with E-state index in [-0.39, 0.29) is 17.6 Å². The van der Waals surface area contributed by atoms with Crippen molar-refractivity contribution in [3.05, 3.63) is 44.7 Å². The largest absolute Gasteiger partial charge is 0.450 e. The van der Waals surface area contributed by atoms with Gasteiger partial charge in [-0.2, -0.15) is 0 Å². The molecular weight excluding hydrogens is 450 g/mol. The van der Waals surface area contributed by atoms with E-state index in [1.54, 1.807) is 37.2 Å². The maximum absolute atomic E-state index is 13.5. The van der Waals surface area contributed by atoms with Crippen molar-refractivity contribution in [3.8, 4) is 0 Å². The van der Waals surface area contributed by atoms with E-state index in [0.717, 1.165) is 17.3 Å². The molecule has 9 nitrogen and oxygen atoms in total. The third kappa shape index (κ3) is 3.97. The Kier molecular flexibility index (Phi) is 6.20. The zero-order valence-corrected chi connectivity index (χ0v) is 19.7. The Balaban J connectivity index is 1.78. The zero-order chi connectivity index (χ0) is 23.0. The standard InChI is InChI=1S/C21H23N5O4S2/c1-4-30-20(29)25-10-8-24(9-11-25)17-14(12-15-19(28)23(3)21(31)32-15)18(27)26-7-5-6-13(2)16(26)22-17/h5-7,12H,4,8-11H2,1-3H3/b15-12-. The normalized spacial score (nSPS) is 18.2. The summed E-state index contributed by atoms with van der Waals surface area (Å²) < 4.78 is 7.02. The second-order valence-electron chi connectivity index (χ2n) is 7.45. The molecule has 2 aromatic heterocycles. The molecule has 2 amide bonds. The van der Waals surface area contributed by atoms with Gasteiger partial charge in [-0.1, -0.05) is 30.0 Å². The number of hydrogen-bond donors (Lipinski definition) is 0. The van der Waals surface area contributed by atoms with E-state index in [1.165, 1.54) is 9.30 Å². The summed E-state index contributed by atoms with van der Waals surface area (Å²) in [5.41, 5.74) is 1.48. The maximum Gasteiger partial charge on any atom is 0.409 e. The summed E-state index contributed by atoms with van der Waals surface area (Å²) in [6.07, 6.45) is 2.91. The number of nitrogens with zero attached hydrogens (tertiary/aromatic N) is 5. The van der Waals surface area contributed by atoms with Gasteiger partial charge in [-0.05, 0) is 31.6 Å². The van der Waals surface area contributed by atoms with Crippen LogP contribution >= 0.6 is 24.0 Å². The molecule has 0 unspecified atom stereocenters. The Morgan fingerprint density at radius 1 is 1.28 bits per heavy atom. The highest BCUT2D eigenvalue weighted by Crippen LogP contribution is 2.32. The van der Waals surface area contributed by atoms with Gasteiger partial charge in [0.05, 0.1) is 17.1 Å². The Labute approximate surface area is 194 Å². The van der Waals surface area contributed by atoms with Gasteiger partial charge in [0, 0.05) is 39.4 Å². The van der Waals surface area contributed by atoms with Crippen LogP contribution in [0.3, 0.4) is 0 Å². The van der Waals surface area contributed by atoms with Crippen LogP contribution in [0, 0.1) is 6.92 Å². The molecule has 168 valence electrons. The number of rotatable bonds is 3. The molecule has 0 aliphatic carbocycles. The molecule has 2 aromatic rings. The lowest BCUT2D eigenvalue weighted by molar-refractivity contribution is -0.121. The van der Waals surface area contributed by atoms with Crippen LogP contribution in [0.2, 0.25) is 0 Å². The van der Waals surface area contributed by atoms with Crippen molar-refractivity contribution in [2.75, 3.05) is 44.7 Å². The second-order valence-corrected chi connectivity index (χ2v) is 9.13. The molecule has 0 bridgehead atoms. The molecule has 2 aliphatic rings. The first-order valence-corrected chi connectivity index (χ1v) is 11.4. The average molecular weight is 474 g/mol. The first-order valence-electron chi connectivity index (χ1n) is 10.2. The van der Waals surface area contributed by atoms with Crippen molar-refractivity contribution < 1.29 is 14.3 Å². The summed E-state index contributed by atoms with van der Waals surface area (Å²) in [5, 5.41) is 0. The lowest BCUT2D eigenvalue weighted by atomic mass is 10.2. The monoisotopic (exact) mass is 473 g/mol. The van der Waals surface area contributed by atoms with Crippen LogP contribution in [0.1, 0.15) is 18.1 Å². The number of aromatic nitrogens is 2. The van der Waals surface area contributed by atoms with Crippen LogP contribution in [-0.2, 0) is 9.53 Å². The average Bonchev–Trinajstić information content (AvgIpc) is 3.03. The van der Waals surface area contributed by atoms with Crippen LogP contribution in [0.5, 0.6) is 0 Å². The number of ether oxygens (including phenoxy) is 1. The number of likely N-dealkylation sites (N-methyl/N-ethyl adjacent to an activating group) is 1. The highest BCUT2D eigenvalue weighted by Gasteiger charge is 2.31. The van der Waals surface area contributed by atoms with E-state index in [4.69, 9.17) is 21.9 Å². The first kappa shape index (κ1) is 22.3. The summed E-state index contributed by atoms with van der Waals surface area (Å²) in [7, 11) is 1.61. The van der Waals surface area contributed by atoms with Gasteiger partial charge in [0.1, 0.15) is 15.8 Å². The summed E-state index contributed by atoms with van der Waals surface area (Å²) in [6.45, 7) is 5.86. The van der Waals surface area contributed by atoms with Gasteiger partial charge in [-0.25, -0.2) is 9.78 Å². The van der Waals surface area contributed by atoms with E-state index in [0.29, 0.717) is 59.0 Å². The molecule has 0 atom stereocenters. The molecule has 4 rings (SSSR count). The highest BCUT2D eigenvalue weighted by atomic mass is 32.2. The van der Waals surface area contributed by atoms with Crippen molar-refractivity contribution in [1.82, 2.24) is 19.2 Å². The summed E-state index contributed by atoms with van der Waals surface area (Å²) >= 11 is 6.39. The smallest absolute Gasteiger partial charge is 0.409 e. The van der Waals surface area contributed by atoms with Crippen LogP contribution in [-0.4, -0.2) is 75.3 Å². The Hall–Kier alpha value is -2.92. The van der Waals surface area contributed by atoms with E-state index in [1.807, 2.05) is 17.9 Å². The molecule has 2 aliphatic heterocycles. The quantitative estimate of drug-likeness (QED) is 0.495. The number of piperazine rings is 1. The summed E-state index contributed by atoms with van der Waals surface area (Å²) in [5.74, 6) is 0.251. The van der Waals surface area contributed by atoms with Gasteiger partial charge in [0.2, 0.25) is 0 Å². The molecule has 0 aromatic carbocycles. The number of carbonyl (C=O) groups is 2. The number of amides is 2. The molecule has 0 saturated carbocycles. The molecule has 0 N–H and O–H groups in total. The van der Waals surface area contributed by atoms with Crippen molar-refractivity contribution in [2.24, 2.45) is 0 Å². The zero-order valence-electron chi connectivity index (χ0n) is 18.0.